The number of nitrogens with one attached hydrogen (secondary N) is 1. The number of piperazine rings is 1. The van der Waals surface area contributed by atoms with E-state index in [-0.39, 0.29) is 12.7 Å². The maximum atomic E-state index is 9.15. The average molecular weight is 236 g/mol. The zero-order valence-electron chi connectivity index (χ0n) is 10.2. The van der Waals surface area contributed by atoms with Crippen LogP contribution in [0.1, 0.15) is 11.7 Å². The maximum Gasteiger partial charge on any atom is 0.105 e. The number of aliphatic hydroxyl groups is 1. The molecule has 1 aliphatic heterocycles. The standard InChI is InChI=1S/C13H20N2O2/c1-17-13(10-16)11-2-4-12(5-3-11)15-8-6-14-7-9-15/h2-5,13-14,16H,6-10H2,1H3/t13-/m0/s1. The molecule has 0 saturated carbocycles. The molecule has 1 aromatic carbocycles. The van der Waals surface area contributed by atoms with E-state index in [0.717, 1.165) is 31.7 Å². The molecular formula is C13H20N2O2. The van der Waals surface area contributed by atoms with E-state index in [1.54, 1.807) is 7.11 Å². The van der Waals surface area contributed by atoms with E-state index in [2.05, 4.69) is 22.3 Å². The Morgan fingerprint density at radius 1 is 1.29 bits per heavy atom. The van der Waals surface area contributed by atoms with E-state index < -0.39 is 0 Å². The molecule has 17 heavy (non-hydrogen) atoms. The lowest BCUT2D eigenvalue weighted by atomic mass is 10.1. The van der Waals surface area contributed by atoms with Crippen LogP contribution in [0.25, 0.3) is 0 Å². The number of benzene rings is 1. The summed E-state index contributed by atoms with van der Waals surface area (Å²) in [4.78, 5) is 2.36. The highest BCUT2D eigenvalue weighted by molar-refractivity contribution is 5.48. The normalized spacial score (nSPS) is 18.1. The highest BCUT2D eigenvalue weighted by atomic mass is 16.5. The molecule has 0 amide bonds. The number of aliphatic hydroxyl groups excluding tert-OH is 1. The molecule has 1 saturated heterocycles. The molecule has 4 nitrogen and oxygen atoms in total. The summed E-state index contributed by atoms with van der Waals surface area (Å²) in [6, 6.07) is 8.26. The van der Waals surface area contributed by atoms with Gasteiger partial charge in [-0.1, -0.05) is 12.1 Å². The fraction of sp³-hybridized carbons (Fsp3) is 0.538. The van der Waals surface area contributed by atoms with Crippen molar-refractivity contribution >= 4 is 5.69 Å². The molecule has 0 bridgehead atoms. The Hall–Kier alpha value is -1.10. The van der Waals surface area contributed by atoms with Crippen molar-refractivity contribution in [2.75, 3.05) is 44.8 Å². The van der Waals surface area contributed by atoms with Gasteiger partial charge >= 0.3 is 0 Å². The molecule has 1 aliphatic rings. The molecule has 0 aliphatic carbocycles. The van der Waals surface area contributed by atoms with Crippen molar-refractivity contribution in [3.05, 3.63) is 29.8 Å². The molecular weight excluding hydrogens is 216 g/mol. The first-order chi connectivity index (χ1) is 8.35. The lowest BCUT2D eigenvalue weighted by Gasteiger charge is -2.29. The van der Waals surface area contributed by atoms with Crippen LogP contribution >= 0.6 is 0 Å². The third-order valence-electron chi connectivity index (χ3n) is 3.20. The molecule has 4 heteroatoms. The third-order valence-corrected chi connectivity index (χ3v) is 3.20. The average Bonchev–Trinajstić information content (AvgIpc) is 2.42. The second kappa shape index (κ2) is 6.00. The van der Waals surface area contributed by atoms with Crippen LogP contribution in [0.5, 0.6) is 0 Å². The molecule has 2 N–H and O–H groups in total. The minimum Gasteiger partial charge on any atom is -0.393 e. The van der Waals surface area contributed by atoms with Gasteiger partial charge in [0.2, 0.25) is 0 Å². The fourth-order valence-electron chi connectivity index (χ4n) is 2.14. The first-order valence-corrected chi connectivity index (χ1v) is 6.04. The monoisotopic (exact) mass is 236 g/mol. The van der Waals surface area contributed by atoms with Crippen molar-refractivity contribution < 1.29 is 9.84 Å². The molecule has 1 fully saturated rings. The molecule has 1 atom stereocenters. The Balaban J connectivity index is 2.06. The van der Waals surface area contributed by atoms with Crippen LogP contribution in [0.2, 0.25) is 0 Å². The summed E-state index contributed by atoms with van der Waals surface area (Å²) < 4.78 is 5.20. The van der Waals surface area contributed by atoms with Crippen LogP contribution in [0, 0.1) is 0 Å². The number of hydrogen-bond acceptors (Lipinski definition) is 4. The van der Waals surface area contributed by atoms with Gasteiger partial charge in [-0.3, -0.25) is 0 Å². The number of anilines is 1. The number of methoxy groups -OCH3 is 1. The third kappa shape index (κ3) is 2.97. The lowest BCUT2D eigenvalue weighted by molar-refractivity contribution is 0.0484. The van der Waals surface area contributed by atoms with Crippen molar-refractivity contribution in [3.63, 3.8) is 0 Å². The smallest absolute Gasteiger partial charge is 0.105 e. The number of rotatable bonds is 4. The van der Waals surface area contributed by atoms with Gasteiger partial charge in [0, 0.05) is 39.0 Å². The first kappa shape index (κ1) is 12.4. The summed E-state index contributed by atoms with van der Waals surface area (Å²) >= 11 is 0. The van der Waals surface area contributed by atoms with Crippen LogP contribution in [0.3, 0.4) is 0 Å². The van der Waals surface area contributed by atoms with E-state index in [1.165, 1.54) is 5.69 Å². The molecule has 1 aromatic rings. The number of hydrogen-bond donors (Lipinski definition) is 2. The van der Waals surface area contributed by atoms with Crippen molar-refractivity contribution in [2.45, 2.75) is 6.10 Å². The number of nitrogens with zero attached hydrogens (tertiary/aromatic N) is 1. The van der Waals surface area contributed by atoms with E-state index in [0.29, 0.717) is 0 Å². The predicted octanol–water partition coefficient (Wildman–Crippen LogP) is 0.776. The second-order valence-electron chi connectivity index (χ2n) is 4.24. The summed E-state index contributed by atoms with van der Waals surface area (Å²) in [7, 11) is 1.62. The van der Waals surface area contributed by atoms with Gasteiger partial charge in [0.05, 0.1) is 6.61 Å². The zero-order chi connectivity index (χ0) is 12.1. The SMILES string of the molecule is CO[C@@H](CO)c1ccc(N2CCNCC2)cc1. The molecule has 0 spiro atoms. The summed E-state index contributed by atoms with van der Waals surface area (Å²) in [5, 5.41) is 12.5. The van der Waals surface area contributed by atoms with E-state index >= 15 is 0 Å². The zero-order valence-corrected chi connectivity index (χ0v) is 10.2. The minimum absolute atomic E-state index is 0.0173. The number of ether oxygens (including phenoxy) is 1. The van der Waals surface area contributed by atoms with Gasteiger partial charge in [-0.15, -0.1) is 0 Å². The molecule has 0 unspecified atom stereocenters. The van der Waals surface area contributed by atoms with Crippen molar-refractivity contribution in [2.24, 2.45) is 0 Å². The Morgan fingerprint density at radius 3 is 2.47 bits per heavy atom. The topological polar surface area (TPSA) is 44.7 Å². The molecule has 94 valence electrons. The van der Waals surface area contributed by atoms with Crippen LogP contribution in [0.4, 0.5) is 5.69 Å². The fourth-order valence-corrected chi connectivity index (χ4v) is 2.14. The van der Waals surface area contributed by atoms with Gasteiger partial charge in [-0.25, -0.2) is 0 Å². The van der Waals surface area contributed by atoms with Gasteiger partial charge in [-0.2, -0.15) is 0 Å². The largest absolute Gasteiger partial charge is 0.393 e. The van der Waals surface area contributed by atoms with Crippen LogP contribution in [0.15, 0.2) is 24.3 Å². The van der Waals surface area contributed by atoms with Crippen LogP contribution < -0.4 is 10.2 Å². The van der Waals surface area contributed by atoms with Crippen LogP contribution in [-0.2, 0) is 4.74 Å². The Bertz CT molecular complexity index is 330. The lowest BCUT2D eigenvalue weighted by Crippen LogP contribution is -2.43. The Morgan fingerprint density at radius 2 is 1.94 bits per heavy atom. The Labute approximate surface area is 102 Å². The summed E-state index contributed by atoms with van der Waals surface area (Å²) in [6.07, 6.45) is -0.216. The van der Waals surface area contributed by atoms with Crippen molar-refractivity contribution in [1.82, 2.24) is 5.32 Å². The molecule has 0 aromatic heterocycles. The molecule has 1 heterocycles. The van der Waals surface area contributed by atoms with E-state index in [1.807, 2.05) is 12.1 Å². The highest BCUT2D eigenvalue weighted by Gasteiger charge is 2.12. The summed E-state index contributed by atoms with van der Waals surface area (Å²) in [5.41, 5.74) is 2.26. The van der Waals surface area contributed by atoms with Gasteiger partial charge in [-0.05, 0) is 17.7 Å². The highest BCUT2D eigenvalue weighted by Crippen LogP contribution is 2.21. The van der Waals surface area contributed by atoms with Crippen LogP contribution in [-0.4, -0.2) is 45.0 Å². The van der Waals surface area contributed by atoms with Gasteiger partial charge in [0.1, 0.15) is 6.10 Å². The van der Waals surface area contributed by atoms with Crippen molar-refractivity contribution in [1.29, 1.82) is 0 Å². The predicted molar refractivity (Wildman–Crippen MR) is 68.4 cm³/mol. The van der Waals surface area contributed by atoms with E-state index in [4.69, 9.17) is 9.84 Å². The van der Waals surface area contributed by atoms with Gasteiger partial charge in [0.15, 0.2) is 0 Å². The molecule has 0 radical (unpaired) electrons. The summed E-state index contributed by atoms with van der Waals surface area (Å²) in [6.45, 7) is 4.20. The summed E-state index contributed by atoms with van der Waals surface area (Å²) in [5.74, 6) is 0. The van der Waals surface area contributed by atoms with Gasteiger partial charge in [0.25, 0.3) is 0 Å². The minimum atomic E-state index is -0.216. The Kier molecular flexibility index (Phi) is 4.36. The quantitative estimate of drug-likeness (QED) is 0.811. The first-order valence-electron chi connectivity index (χ1n) is 6.04. The molecule has 2 rings (SSSR count). The van der Waals surface area contributed by atoms with E-state index in [9.17, 15) is 0 Å². The maximum absolute atomic E-state index is 9.15. The van der Waals surface area contributed by atoms with Crippen molar-refractivity contribution in [3.8, 4) is 0 Å². The second-order valence-corrected chi connectivity index (χ2v) is 4.24. The van der Waals surface area contributed by atoms with Gasteiger partial charge < -0.3 is 20.1 Å².